The second-order valence-corrected chi connectivity index (χ2v) is 6.11. The van der Waals surface area contributed by atoms with Gasteiger partial charge in [-0.2, -0.15) is 11.8 Å². The third kappa shape index (κ3) is 7.20. The fourth-order valence-corrected chi connectivity index (χ4v) is 2.83. The van der Waals surface area contributed by atoms with E-state index in [1.807, 2.05) is 18.8 Å². The second kappa shape index (κ2) is 8.43. The number of hydrogen-bond acceptors (Lipinski definition) is 3. The molecule has 0 spiro atoms. The zero-order chi connectivity index (χ0) is 11.7. The van der Waals surface area contributed by atoms with Crippen molar-refractivity contribution in [2.24, 2.45) is 0 Å². The lowest BCUT2D eigenvalue weighted by atomic mass is 9.97. The van der Waals surface area contributed by atoms with E-state index in [1.165, 1.54) is 25.0 Å². The van der Waals surface area contributed by atoms with Gasteiger partial charge in [-0.25, -0.2) is 0 Å². The lowest BCUT2D eigenvalue weighted by Gasteiger charge is -2.29. The molecule has 0 aliphatic heterocycles. The average molecular weight is 233 g/mol. The van der Waals surface area contributed by atoms with Crippen molar-refractivity contribution < 1.29 is 5.11 Å². The van der Waals surface area contributed by atoms with Crippen LogP contribution in [-0.2, 0) is 0 Å². The van der Waals surface area contributed by atoms with Crippen LogP contribution in [0, 0.1) is 0 Å². The van der Waals surface area contributed by atoms with Crippen molar-refractivity contribution in [1.82, 2.24) is 5.32 Å². The first kappa shape index (κ1) is 15.3. The van der Waals surface area contributed by atoms with Gasteiger partial charge in [0.15, 0.2) is 0 Å². The average Bonchev–Trinajstić information content (AvgIpc) is 2.24. The number of unbranched alkanes of at least 4 members (excludes halogenated alkanes) is 2. The zero-order valence-electron chi connectivity index (χ0n) is 10.7. The van der Waals surface area contributed by atoms with Crippen molar-refractivity contribution in [1.29, 1.82) is 0 Å². The van der Waals surface area contributed by atoms with Crippen LogP contribution in [0.2, 0.25) is 0 Å². The van der Waals surface area contributed by atoms with Gasteiger partial charge in [-0.1, -0.05) is 26.7 Å². The minimum atomic E-state index is -0.114. The van der Waals surface area contributed by atoms with E-state index in [0.29, 0.717) is 5.25 Å². The summed E-state index contributed by atoms with van der Waals surface area (Å²) in [5, 5.41) is 13.1. The van der Waals surface area contributed by atoms with E-state index in [-0.39, 0.29) is 12.1 Å². The topological polar surface area (TPSA) is 32.3 Å². The number of rotatable bonds is 9. The van der Waals surface area contributed by atoms with E-state index in [2.05, 4.69) is 26.1 Å². The summed E-state index contributed by atoms with van der Waals surface area (Å²) >= 11 is 2.02. The molecule has 3 heteroatoms. The van der Waals surface area contributed by atoms with E-state index >= 15 is 0 Å². The van der Waals surface area contributed by atoms with Crippen molar-refractivity contribution >= 4 is 11.8 Å². The van der Waals surface area contributed by atoms with Crippen molar-refractivity contribution in [3.8, 4) is 0 Å². The van der Waals surface area contributed by atoms with Crippen molar-refractivity contribution in [2.45, 2.75) is 57.2 Å². The largest absolute Gasteiger partial charge is 0.394 e. The molecular weight excluding hydrogens is 206 g/mol. The summed E-state index contributed by atoms with van der Waals surface area (Å²) in [4.78, 5) is 0. The van der Waals surface area contributed by atoms with Gasteiger partial charge < -0.3 is 10.4 Å². The highest BCUT2D eigenvalue weighted by Gasteiger charge is 2.23. The molecule has 0 amide bonds. The molecule has 0 saturated carbocycles. The standard InChI is InChI=1S/C12H27NOS/c1-5-6-7-8-15-11(2)9-12(3,10-14)13-4/h11,13-14H,5-10H2,1-4H3. The fraction of sp³-hybridized carbons (Fsp3) is 1.00. The van der Waals surface area contributed by atoms with Crippen LogP contribution < -0.4 is 5.32 Å². The van der Waals surface area contributed by atoms with Gasteiger partial charge >= 0.3 is 0 Å². The van der Waals surface area contributed by atoms with Crippen LogP contribution in [0.3, 0.4) is 0 Å². The molecule has 0 fully saturated rings. The Labute approximate surface area is 99.2 Å². The molecule has 0 aromatic heterocycles. The molecule has 0 bridgehead atoms. The zero-order valence-corrected chi connectivity index (χ0v) is 11.5. The highest BCUT2D eigenvalue weighted by molar-refractivity contribution is 7.99. The molecule has 0 aromatic rings. The molecule has 0 aromatic carbocycles. The van der Waals surface area contributed by atoms with Crippen LogP contribution >= 0.6 is 11.8 Å². The summed E-state index contributed by atoms with van der Waals surface area (Å²) in [6, 6.07) is 0. The first-order chi connectivity index (χ1) is 7.08. The first-order valence-corrected chi connectivity index (χ1v) is 7.04. The molecule has 0 aliphatic rings. The van der Waals surface area contributed by atoms with Gasteiger partial charge in [0.25, 0.3) is 0 Å². The summed E-state index contributed by atoms with van der Waals surface area (Å²) in [5.41, 5.74) is -0.114. The number of aliphatic hydroxyl groups is 1. The monoisotopic (exact) mass is 233 g/mol. The molecule has 92 valence electrons. The number of aliphatic hydroxyl groups excluding tert-OH is 1. The van der Waals surface area contributed by atoms with E-state index in [1.54, 1.807) is 0 Å². The molecule has 15 heavy (non-hydrogen) atoms. The van der Waals surface area contributed by atoms with E-state index in [0.717, 1.165) is 6.42 Å². The van der Waals surface area contributed by atoms with Gasteiger partial charge in [-0.15, -0.1) is 0 Å². The highest BCUT2D eigenvalue weighted by Crippen LogP contribution is 2.22. The Bertz CT molecular complexity index is 149. The van der Waals surface area contributed by atoms with Crippen LogP contribution in [0.15, 0.2) is 0 Å². The molecule has 2 N–H and O–H groups in total. The third-order valence-corrected chi connectivity index (χ3v) is 4.10. The van der Waals surface area contributed by atoms with Crippen LogP contribution in [0.4, 0.5) is 0 Å². The molecule has 0 aliphatic carbocycles. The summed E-state index contributed by atoms with van der Waals surface area (Å²) in [5.74, 6) is 1.25. The Morgan fingerprint density at radius 1 is 1.40 bits per heavy atom. The molecular formula is C12H27NOS. The predicted molar refractivity (Wildman–Crippen MR) is 70.6 cm³/mol. The Morgan fingerprint density at radius 3 is 2.53 bits per heavy atom. The van der Waals surface area contributed by atoms with Gasteiger partial charge in [-0.05, 0) is 32.6 Å². The lowest BCUT2D eigenvalue weighted by molar-refractivity contribution is 0.174. The van der Waals surface area contributed by atoms with Gasteiger partial charge in [0.1, 0.15) is 0 Å². The summed E-state index contributed by atoms with van der Waals surface area (Å²) in [6.07, 6.45) is 4.97. The SMILES string of the molecule is CCCCCSC(C)CC(C)(CO)NC. The predicted octanol–water partition coefficient (Wildman–Crippen LogP) is 2.66. The third-order valence-electron chi connectivity index (χ3n) is 2.84. The number of thioether (sulfide) groups is 1. The molecule has 0 rings (SSSR count). The Morgan fingerprint density at radius 2 is 2.07 bits per heavy atom. The molecule has 2 nitrogen and oxygen atoms in total. The summed E-state index contributed by atoms with van der Waals surface area (Å²) < 4.78 is 0. The van der Waals surface area contributed by atoms with Gasteiger partial charge in [-0.3, -0.25) is 0 Å². The van der Waals surface area contributed by atoms with Gasteiger partial charge in [0.2, 0.25) is 0 Å². The molecule has 2 unspecified atom stereocenters. The maximum Gasteiger partial charge on any atom is 0.0610 e. The summed E-state index contributed by atoms with van der Waals surface area (Å²) in [6.45, 7) is 6.78. The second-order valence-electron chi connectivity index (χ2n) is 4.56. The molecule has 2 atom stereocenters. The maximum absolute atomic E-state index is 9.27. The van der Waals surface area contributed by atoms with Crippen LogP contribution in [0.1, 0.15) is 46.5 Å². The van der Waals surface area contributed by atoms with Gasteiger partial charge in [0, 0.05) is 10.8 Å². The summed E-state index contributed by atoms with van der Waals surface area (Å²) in [7, 11) is 1.92. The van der Waals surface area contributed by atoms with Gasteiger partial charge in [0.05, 0.1) is 6.61 Å². The Kier molecular flexibility index (Phi) is 8.58. The van der Waals surface area contributed by atoms with E-state index in [4.69, 9.17) is 0 Å². The Balaban J connectivity index is 3.67. The van der Waals surface area contributed by atoms with Crippen molar-refractivity contribution in [3.05, 3.63) is 0 Å². The molecule has 0 saturated heterocycles. The smallest absolute Gasteiger partial charge is 0.0610 e. The normalized spacial score (nSPS) is 17.4. The van der Waals surface area contributed by atoms with Crippen LogP contribution in [0.5, 0.6) is 0 Å². The molecule has 0 radical (unpaired) electrons. The van der Waals surface area contributed by atoms with Crippen molar-refractivity contribution in [3.63, 3.8) is 0 Å². The number of hydrogen-bond donors (Lipinski definition) is 2. The quantitative estimate of drug-likeness (QED) is 0.601. The lowest BCUT2D eigenvalue weighted by Crippen LogP contribution is -2.45. The Hall–Kier alpha value is 0.270. The highest BCUT2D eigenvalue weighted by atomic mass is 32.2. The fourth-order valence-electron chi connectivity index (χ4n) is 1.58. The number of likely N-dealkylation sites (N-methyl/N-ethyl adjacent to an activating group) is 1. The minimum Gasteiger partial charge on any atom is -0.394 e. The maximum atomic E-state index is 9.27. The van der Waals surface area contributed by atoms with Crippen LogP contribution in [-0.4, -0.2) is 35.3 Å². The van der Waals surface area contributed by atoms with E-state index < -0.39 is 0 Å². The molecule has 0 heterocycles. The minimum absolute atomic E-state index is 0.114. The van der Waals surface area contributed by atoms with E-state index in [9.17, 15) is 5.11 Å². The van der Waals surface area contributed by atoms with Crippen LogP contribution in [0.25, 0.3) is 0 Å². The van der Waals surface area contributed by atoms with Crippen molar-refractivity contribution in [2.75, 3.05) is 19.4 Å². The number of nitrogens with one attached hydrogen (secondary N) is 1. The first-order valence-electron chi connectivity index (χ1n) is 5.99.